The molecule has 1 aliphatic heterocycles. The van der Waals surface area contributed by atoms with Gasteiger partial charge in [0.2, 0.25) is 5.91 Å². The van der Waals surface area contributed by atoms with Crippen LogP contribution in [0.1, 0.15) is 32.8 Å². The van der Waals surface area contributed by atoms with Crippen LogP contribution in [0, 0.1) is 0 Å². The summed E-state index contributed by atoms with van der Waals surface area (Å²) in [6.07, 6.45) is 1.17. The highest BCUT2D eigenvalue weighted by atomic mass is 127. The molecule has 9 heteroatoms. The first-order valence-electron chi connectivity index (χ1n) is 9.60. The SMILES string of the molecule is CN=C(NCCCNC(=O)OC(C)(C)C)NCC(=O)N1CCc2ccccc21.I. The molecule has 2 amide bonds. The largest absolute Gasteiger partial charge is 0.444 e. The average molecular weight is 517 g/mol. The fraction of sp³-hybridized carbons (Fsp3) is 0.550. The number of nitrogens with zero attached hydrogens (tertiary/aromatic N) is 2. The zero-order chi connectivity index (χ0) is 20.6. The molecule has 0 atom stereocenters. The fourth-order valence-corrected chi connectivity index (χ4v) is 2.87. The van der Waals surface area contributed by atoms with E-state index in [4.69, 9.17) is 4.74 Å². The second-order valence-corrected chi connectivity index (χ2v) is 7.56. The number of ether oxygens (including phenoxy) is 1. The lowest BCUT2D eigenvalue weighted by molar-refractivity contribution is -0.117. The molecule has 29 heavy (non-hydrogen) atoms. The van der Waals surface area contributed by atoms with Crippen molar-refractivity contribution >= 4 is 47.6 Å². The standard InChI is InChI=1S/C20H31N5O3.HI/c1-20(2,3)28-19(27)23-12-7-11-22-18(21-4)24-14-17(26)25-13-10-15-8-5-6-9-16(15)25;/h5-6,8-9H,7,10-14H2,1-4H3,(H,23,27)(H2,21,22,24);1H. The molecular weight excluding hydrogens is 485 g/mol. The smallest absolute Gasteiger partial charge is 0.407 e. The zero-order valence-electron chi connectivity index (χ0n) is 17.6. The van der Waals surface area contributed by atoms with Crippen molar-refractivity contribution in [3.8, 4) is 0 Å². The molecule has 0 bridgehead atoms. The van der Waals surface area contributed by atoms with Crippen LogP contribution in [0.25, 0.3) is 0 Å². The summed E-state index contributed by atoms with van der Waals surface area (Å²) in [7, 11) is 1.66. The number of rotatable bonds is 6. The highest BCUT2D eigenvalue weighted by Gasteiger charge is 2.23. The molecule has 0 unspecified atom stereocenters. The van der Waals surface area contributed by atoms with Gasteiger partial charge < -0.3 is 25.6 Å². The lowest BCUT2D eigenvalue weighted by Gasteiger charge is -2.20. The van der Waals surface area contributed by atoms with E-state index in [-0.39, 0.29) is 36.4 Å². The maximum atomic E-state index is 12.5. The van der Waals surface area contributed by atoms with Gasteiger partial charge in [-0.3, -0.25) is 9.79 Å². The third kappa shape index (κ3) is 8.46. The number of benzene rings is 1. The molecule has 8 nitrogen and oxygen atoms in total. The van der Waals surface area contributed by atoms with Gasteiger partial charge in [0.15, 0.2) is 5.96 Å². The summed E-state index contributed by atoms with van der Waals surface area (Å²) >= 11 is 0. The Morgan fingerprint density at radius 3 is 2.52 bits per heavy atom. The summed E-state index contributed by atoms with van der Waals surface area (Å²) in [5.74, 6) is 0.567. The maximum Gasteiger partial charge on any atom is 0.407 e. The van der Waals surface area contributed by atoms with Crippen molar-refractivity contribution in [2.75, 3.05) is 38.1 Å². The highest BCUT2D eigenvalue weighted by molar-refractivity contribution is 14.0. The third-order valence-corrected chi connectivity index (χ3v) is 4.13. The second-order valence-electron chi connectivity index (χ2n) is 7.56. The van der Waals surface area contributed by atoms with Gasteiger partial charge in [-0.1, -0.05) is 18.2 Å². The molecule has 0 saturated carbocycles. The summed E-state index contributed by atoms with van der Waals surface area (Å²) in [5.41, 5.74) is 1.69. The van der Waals surface area contributed by atoms with Gasteiger partial charge in [-0.25, -0.2) is 4.79 Å². The normalized spacial score (nSPS) is 13.2. The fourth-order valence-electron chi connectivity index (χ4n) is 2.87. The molecule has 0 fully saturated rings. The number of alkyl carbamates (subject to hydrolysis) is 1. The molecule has 2 rings (SSSR count). The Balaban J connectivity index is 0.00000420. The Morgan fingerprint density at radius 1 is 1.14 bits per heavy atom. The van der Waals surface area contributed by atoms with Crippen molar-refractivity contribution in [2.45, 2.75) is 39.2 Å². The van der Waals surface area contributed by atoms with E-state index in [1.165, 1.54) is 5.56 Å². The Morgan fingerprint density at radius 2 is 1.83 bits per heavy atom. The number of carbonyl (C=O) groups is 2. The van der Waals surface area contributed by atoms with Crippen LogP contribution >= 0.6 is 24.0 Å². The minimum atomic E-state index is -0.503. The van der Waals surface area contributed by atoms with Gasteiger partial charge in [0.1, 0.15) is 5.60 Å². The number of carbonyl (C=O) groups excluding carboxylic acids is 2. The lowest BCUT2D eigenvalue weighted by Crippen LogP contribution is -2.45. The Labute approximate surface area is 189 Å². The number of anilines is 1. The number of nitrogens with one attached hydrogen (secondary N) is 3. The number of amides is 2. The van der Waals surface area contributed by atoms with Crippen LogP contribution in [0.4, 0.5) is 10.5 Å². The summed E-state index contributed by atoms with van der Waals surface area (Å²) in [6, 6.07) is 7.98. The summed E-state index contributed by atoms with van der Waals surface area (Å²) < 4.78 is 5.18. The van der Waals surface area contributed by atoms with Gasteiger partial charge in [0.05, 0.1) is 6.54 Å². The molecule has 1 aliphatic rings. The number of para-hydroxylation sites is 1. The Bertz CT molecular complexity index is 718. The van der Waals surface area contributed by atoms with Crippen molar-refractivity contribution in [2.24, 2.45) is 4.99 Å². The molecule has 162 valence electrons. The van der Waals surface area contributed by atoms with E-state index in [1.807, 2.05) is 39.0 Å². The van der Waals surface area contributed by atoms with E-state index in [0.29, 0.717) is 32.0 Å². The summed E-state index contributed by atoms with van der Waals surface area (Å²) in [4.78, 5) is 30.0. The number of aliphatic imine (C=N–C) groups is 1. The van der Waals surface area contributed by atoms with E-state index < -0.39 is 11.7 Å². The molecule has 0 spiro atoms. The van der Waals surface area contributed by atoms with Crippen LogP contribution in [0.15, 0.2) is 29.3 Å². The van der Waals surface area contributed by atoms with Crippen LogP contribution in [0.5, 0.6) is 0 Å². The predicted molar refractivity (Wildman–Crippen MR) is 126 cm³/mol. The first kappa shape index (κ1) is 25.0. The molecule has 1 heterocycles. The van der Waals surface area contributed by atoms with Gasteiger partial charge in [-0.05, 0) is 45.2 Å². The van der Waals surface area contributed by atoms with E-state index in [1.54, 1.807) is 11.9 Å². The minimum absolute atomic E-state index is 0. The maximum absolute atomic E-state index is 12.5. The van der Waals surface area contributed by atoms with Gasteiger partial charge >= 0.3 is 6.09 Å². The van der Waals surface area contributed by atoms with Crippen LogP contribution in [-0.4, -0.2) is 56.8 Å². The molecule has 0 aliphatic carbocycles. The molecule has 0 aromatic heterocycles. The highest BCUT2D eigenvalue weighted by Crippen LogP contribution is 2.27. The van der Waals surface area contributed by atoms with E-state index in [2.05, 4.69) is 27.0 Å². The van der Waals surface area contributed by atoms with Crippen LogP contribution < -0.4 is 20.9 Å². The molecule has 0 radical (unpaired) electrons. The topological polar surface area (TPSA) is 95.1 Å². The summed E-state index contributed by atoms with van der Waals surface area (Å²) in [6.45, 7) is 7.45. The zero-order valence-corrected chi connectivity index (χ0v) is 19.9. The number of hydrogen-bond acceptors (Lipinski definition) is 4. The van der Waals surface area contributed by atoms with Crippen molar-refractivity contribution in [1.29, 1.82) is 0 Å². The second kappa shape index (κ2) is 11.8. The van der Waals surface area contributed by atoms with Crippen LogP contribution in [-0.2, 0) is 16.0 Å². The minimum Gasteiger partial charge on any atom is -0.444 e. The predicted octanol–water partition coefficient (Wildman–Crippen LogP) is 2.27. The molecule has 0 saturated heterocycles. The van der Waals surface area contributed by atoms with Crippen LogP contribution in [0.3, 0.4) is 0 Å². The molecule has 1 aromatic rings. The van der Waals surface area contributed by atoms with Gasteiger partial charge in [-0.2, -0.15) is 0 Å². The Hall–Kier alpha value is -2.04. The van der Waals surface area contributed by atoms with Gasteiger partial charge in [0.25, 0.3) is 0 Å². The van der Waals surface area contributed by atoms with Gasteiger partial charge in [-0.15, -0.1) is 24.0 Å². The average Bonchev–Trinajstić information content (AvgIpc) is 3.06. The lowest BCUT2D eigenvalue weighted by atomic mass is 10.2. The van der Waals surface area contributed by atoms with E-state index >= 15 is 0 Å². The van der Waals surface area contributed by atoms with Crippen molar-refractivity contribution in [3.05, 3.63) is 29.8 Å². The van der Waals surface area contributed by atoms with Crippen molar-refractivity contribution in [3.63, 3.8) is 0 Å². The van der Waals surface area contributed by atoms with E-state index in [9.17, 15) is 9.59 Å². The number of halogens is 1. The third-order valence-electron chi connectivity index (χ3n) is 4.13. The quantitative estimate of drug-likeness (QED) is 0.233. The summed E-state index contributed by atoms with van der Waals surface area (Å²) in [5, 5.41) is 8.88. The van der Waals surface area contributed by atoms with Crippen LogP contribution in [0.2, 0.25) is 0 Å². The molecule has 3 N–H and O–H groups in total. The first-order valence-corrected chi connectivity index (χ1v) is 9.60. The van der Waals surface area contributed by atoms with Gasteiger partial charge in [0, 0.05) is 32.4 Å². The molecule has 1 aromatic carbocycles. The first-order chi connectivity index (χ1) is 13.3. The monoisotopic (exact) mass is 517 g/mol. The number of fused-ring (bicyclic) bond motifs is 1. The van der Waals surface area contributed by atoms with E-state index in [0.717, 1.165) is 12.1 Å². The van der Waals surface area contributed by atoms with Crippen molar-refractivity contribution < 1.29 is 14.3 Å². The number of hydrogen-bond donors (Lipinski definition) is 3. The van der Waals surface area contributed by atoms with Crippen molar-refractivity contribution in [1.82, 2.24) is 16.0 Å². The molecular formula is C20H32IN5O3. The number of guanidine groups is 1. The Kier molecular flexibility index (Phi) is 10.2.